The van der Waals surface area contributed by atoms with Crippen LogP contribution in [0.4, 0.5) is 0 Å². The minimum absolute atomic E-state index is 0.528. The smallest absolute Gasteiger partial charge is 0.0348 e. The molecule has 0 aliphatic rings. The molecule has 1 atom stereocenters. The first-order valence-corrected chi connectivity index (χ1v) is 8.58. The third-order valence-electron chi connectivity index (χ3n) is 4.15. The van der Waals surface area contributed by atoms with Crippen molar-refractivity contribution in [2.45, 2.75) is 72.3 Å². The molecule has 1 rings (SSSR count). The summed E-state index contributed by atoms with van der Waals surface area (Å²) in [5.74, 6) is 0.768. The Hall–Kier alpha value is -0.820. The van der Waals surface area contributed by atoms with E-state index in [1.165, 1.54) is 43.2 Å². The minimum atomic E-state index is 0.528. The van der Waals surface area contributed by atoms with Crippen LogP contribution in [0.1, 0.15) is 77.0 Å². The van der Waals surface area contributed by atoms with E-state index in [1.54, 1.807) is 0 Å². The van der Waals surface area contributed by atoms with E-state index in [2.05, 4.69) is 57.3 Å². The molecule has 0 radical (unpaired) electrons. The van der Waals surface area contributed by atoms with Gasteiger partial charge in [0, 0.05) is 6.04 Å². The van der Waals surface area contributed by atoms with Crippen LogP contribution in [0, 0.1) is 5.92 Å². The minimum Gasteiger partial charge on any atom is -0.310 e. The summed E-state index contributed by atoms with van der Waals surface area (Å²) in [7, 11) is 0. The van der Waals surface area contributed by atoms with Gasteiger partial charge in [0.05, 0.1) is 0 Å². The second-order valence-corrected chi connectivity index (χ2v) is 5.86. The summed E-state index contributed by atoms with van der Waals surface area (Å²) < 4.78 is 0. The maximum Gasteiger partial charge on any atom is 0.0348 e. The van der Waals surface area contributed by atoms with E-state index >= 15 is 0 Å². The Morgan fingerprint density at radius 2 is 1.45 bits per heavy atom. The van der Waals surface area contributed by atoms with Crippen molar-refractivity contribution in [1.82, 2.24) is 5.32 Å². The monoisotopic (exact) mass is 275 g/mol. The number of rotatable bonds is 10. The van der Waals surface area contributed by atoms with Crippen LogP contribution in [0.3, 0.4) is 0 Å². The van der Waals surface area contributed by atoms with Gasteiger partial charge in [-0.3, -0.25) is 0 Å². The standard InChI is InChI=1S/C19H33N/c1-5-9-17(10-6-2)19(20-15-7-3)18-13-11-16(8-4)12-14-18/h11-14,17,19-20H,5-10,15H2,1-4H3. The van der Waals surface area contributed by atoms with Crippen LogP contribution >= 0.6 is 0 Å². The molecule has 1 aromatic carbocycles. The summed E-state index contributed by atoms with van der Waals surface area (Å²) >= 11 is 0. The summed E-state index contributed by atoms with van der Waals surface area (Å²) in [6.45, 7) is 10.2. The van der Waals surface area contributed by atoms with Gasteiger partial charge in [-0.1, -0.05) is 64.8 Å². The molecule has 0 heterocycles. The number of hydrogen-bond donors (Lipinski definition) is 1. The second-order valence-electron chi connectivity index (χ2n) is 5.86. The van der Waals surface area contributed by atoms with Gasteiger partial charge in [0.25, 0.3) is 0 Å². The number of aryl methyl sites for hydroxylation is 1. The molecule has 20 heavy (non-hydrogen) atoms. The maximum absolute atomic E-state index is 3.79. The SMILES string of the molecule is CCCNC(c1ccc(CC)cc1)C(CCC)CCC. The van der Waals surface area contributed by atoms with E-state index in [0.29, 0.717) is 6.04 Å². The van der Waals surface area contributed by atoms with E-state index in [-0.39, 0.29) is 0 Å². The Balaban J connectivity index is 2.88. The lowest BCUT2D eigenvalue weighted by Gasteiger charge is -2.28. The van der Waals surface area contributed by atoms with Crippen molar-refractivity contribution in [2.24, 2.45) is 5.92 Å². The zero-order valence-electron chi connectivity index (χ0n) is 13.9. The molecule has 0 saturated carbocycles. The van der Waals surface area contributed by atoms with Gasteiger partial charge in [-0.15, -0.1) is 0 Å². The third-order valence-corrected chi connectivity index (χ3v) is 4.15. The predicted octanol–water partition coefficient (Wildman–Crippen LogP) is 5.51. The highest BCUT2D eigenvalue weighted by atomic mass is 14.9. The molecule has 0 saturated heterocycles. The second kappa shape index (κ2) is 9.99. The molecular formula is C19H33N. The summed E-state index contributed by atoms with van der Waals surface area (Å²) in [4.78, 5) is 0. The van der Waals surface area contributed by atoms with Gasteiger partial charge in [0.1, 0.15) is 0 Å². The van der Waals surface area contributed by atoms with Crippen molar-refractivity contribution in [2.75, 3.05) is 6.54 Å². The highest BCUT2D eigenvalue weighted by Gasteiger charge is 2.21. The molecule has 0 spiro atoms. The van der Waals surface area contributed by atoms with E-state index in [9.17, 15) is 0 Å². The predicted molar refractivity (Wildman–Crippen MR) is 90.2 cm³/mol. The molecule has 1 nitrogen and oxygen atoms in total. The highest BCUT2D eigenvalue weighted by Crippen LogP contribution is 2.30. The highest BCUT2D eigenvalue weighted by molar-refractivity contribution is 5.25. The summed E-state index contributed by atoms with van der Waals surface area (Å²) in [6.07, 6.45) is 7.54. The van der Waals surface area contributed by atoms with Gasteiger partial charge in [0.15, 0.2) is 0 Å². The van der Waals surface area contributed by atoms with Crippen molar-refractivity contribution < 1.29 is 0 Å². The zero-order chi connectivity index (χ0) is 14.8. The molecular weight excluding hydrogens is 242 g/mol. The summed E-state index contributed by atoms with van der Waals surface area (Å²) in [5.41, 5.74) is 2.91. The van der Waals surface area contributed by atoms with Crippen molar-refractivity contribution in [1.29, 1.82) is 0 Å². The Kier molecular flexibility index (Phi) is 8.60. The topological polar surface area (TPSA) is 12.0 Å². The van der Waals surface area contributed by atoms with Crippen LogP contribution in [0.5, 0.6) is 0 Å². The fraction of sp³-hybridized carbons (Fsp3) is 0.684. The van der Waals surface area contributed by atoms with Crippen LogP contribution in [0.25, 0.3) is 0 Å². The van der Waals surface area contributed by atoms with Gasteiger partial charge in [-0.05, 0) is 49.3 Å². The number of nitrogens with one attached hydrogen (secondary N) is 1. The van der Waals surface area contributed by atoms with Crippen LogP contribution in [0.2, 0.25) is 0 Å². The molecule has 1 heteroatoms. The molecule has 0 bridgehead atoms. The van der Waals surface area contributed by atoms with Gasteiger partial charge in [-0.2, -0.15) is 0 Å². The normalized spacial score (nSPS) is 12.8. The van der Waals surface area contributed by atoms with Crippen molar-refractivity contribution >= 4 is 0 Å². The van der Waals surface area contributed by atoms with E-state index in [0.717, 1.165) is 18.9 Å². The fourth-order valence-electron chi connectivity index (χ4n) is 3.04. The van der Waals surface area contributed by atoms with E-state index in [1.807, 2.05) is 0 Å². The average Bonchev–Trinajstić information content (AvgIpc) is 2.48. The van der Waals surface area contributed by atoms with Crippen molar-refractivity contribution in [3.63, 3.8) is 0 Å². The first-order chi connectivity index (χ1) is 9.76. The molecule has 1 N–H and O–H groups in total. The Morgan fingerprint density at radius 3 is 1.90 bits per heavy atom. The Morgan fingerprint density at radius 1 is 0.850 bits per heavy atom. The summed E-state index contributed by atoms with van der Waals surface area (Å²) in [5, 5.41) is 3.79. The number of hydrogen-bond acceptors (Lipinski definition) is 1. The van der Waals surface area contributed by atoms with Gasteiger partial charge in [-0.25, -0.2) is 0 Å². The molecule has 114 valence electrons. The lowest BCUT2D eigenvalue weighted by molar-refractivity contribution is 0.316. The van der Waals surface area contributed by atoms with Crippen molar-refractivity contribution in [3.8, 4) is 0 Å². The van der Waals surface area contributed by atoms with Gasteiger partial charge < -0.3 is 5.32 Å². The molecule has 0 aliphatic heterocycles. The summed E-state index contributed by atoms with van der Waals surface area (Å²) in [6, 6.07) is 9.80. The molecule has 1 unspecified atom stereocenters. The molecule has 1 aromatic rings. The first-order valence-electron chi connectivity index (χ1n) is 8.58. The van der Waals surface area contributed by atoms with E-state index < -0.39 is 0 Å². The molecule has 0 amide bonds. The zero-order valence-corrected chi connectivity index (χ0v) is 13.9. The molecule has 0 aromatic heterocycles. The maximum atomic E-state index is 3.79. The Labute approximate surface area is 126 Å². The molecule has 0 fully saturated rings. The fourth-order valence-corrected chi connectivity index (χ4v) is 3.04. The van der Waals surface area contributed by atoms with Gasteiger partial charge in [0.2, 0.25) is 0 Å². The number of benzene rings is 1. The van der Waals surface area contributed by atoms with E-state index in [4.69, 9.17) is 0 Å². The average molecular weight is 275 g/mol. The van der Waals surface area contributed by atoms with Crippen LogP contribution in [-0.2, 0) is 6.42 Å². The van der Waals surface area contributed by atoms with Crippen LogP contribution < -0.4 is 5.32 Å². The largest absolute Gasteiger partial charge is 0.310 e. The Bertz CT molecular complexity index is 335. The van der Waals surface area contributed by atoms with Gasteiger partial charge >= 0.3 is 0 Å². The molecule has 0 aliphatic carbocycles. The quantitative estimate of drug-likeness (QED) is 0.594. The lowest BCUT2D eigenvalue weighted by atomic mass is 9.85. The third kappa shape index (κ3) is 5.28. The van der Waals surface area contributed by atoms with Crippen molar-refractivity contribution in [3.05, 3.63) is 35.4 Å². The van der Waals surface area contributed by atoms with Crippen LogP contribution in [-0.4, -0.2) is 6.54 Å². The van der Waals surface area contributed by atoms with Crippen LogP contribution in [0.15, 0.2) is 24.3 Å². The lowest BCUT2D eigenvalue weighted by Crippen LogP contribution is -2.29. The first kappa shape index (κ1) is 17.2.